The van der Waals surface area contributed by atoms with Gasteiger partial charge in [-0.15, -0.1) is 0 Å². The molecule has 0 fully saturated rings. The monoisotopic (exact) mass is 354 g/mol. The van der Waals surface area contributed by atoms with Crippen LogP contribution in [0.2, 0.25) is 0 Å². The largest absolute Gasteiger partial charge is 0.466 e. The maximum Gasteiger partial charge on any atom is 0.306 e. The quantitative estimate of drug-likeness (QED) is 0.564. The molecule has 140 valence electrons. The number of nitrogens with one attached hydrogen (secondary N) is 1. The Bertz CT molecular complexity index is 784. The summed E-state index contributed by atoms with van der Waals surface area (Å²) >= 11 is 0. The molecule has 0 saturated carbocycles. The van der Waals surface area contributed by atoms with Crippen LogP contribution in [0.5, 0.6) is 0 Å². The second-order valence-corrected chi connectivity index (χ2v) is 6.59. The zero-order valence-electron chi connectivity index (χ0n) is 16.5. The standard InChI is InChI=1S/C22H30N2O2/c1-6-16-12-17(9-8-14(16)3)19(13-21(25)26-7-2)18-10-11-20(24-5)22(23)15(18)4/h8-12,19,24H,6-7,13,23H2,1-5H3. The van der Waals surface area contributed by atoms with Gasteiger partial charge in [-0.25, -0.2) is 0 Å². The Morgan fingerprint density at radius 2 is 1.92 bits per heavy atom. The third-order valence-electron chi connectivity index (χ3n) is 5.03. The van der Waals surface area contributed by atoms with Gasteiger partial charge in [0.2, 0.25) is 0 Å². The van der Waals surface area contributed by atoms with E-state index in [4.69, 9.17) is 10.5 Å². The van der Waals surface area contributed by atoms with Crippen molar-refractivity contribution in [3.05, 3.63) is 58.1 Å². The smallest absolute Gasteiger partial charge is 0.306 e. The van der Waals surface area contributed by atoms with Crippen LogP contribution in [0.4, 0.5) is 11.4 Å². The van der Waals surface area contributed by atoms with E-state index in [0.717, 1.165) is 34.5 Å². The molecule has 4 nitrogen and oxygen atoms in total. The van der Waals surface area contributed by atoms with Crippen molar-refractivity contribution in [3.63, 3.8) is 0 Å². The number of nitrogens with two attached hydrogens (primary N) is 1. The van der Waals surface area contributed by atoms with Crippen LogP contribution in [0.25, 0.3) is 0 Å². The number of carbonyl (C=O) groups is 1. The molecule has 2 aromatic rings. The van der Waals surface area contributed by atoms with Crippen molar-refractivity contribution in [2.45, 2.75) is 46.5 Å². The molecule has 2 rings (SSSR count). The minimum atomic E-state index is -0.188. The lowest BCUT2D eigenvalue weighted by atomic mass is 9.84. The lowest BCUT2D eigenvalue weighted by Gasteiger charge is -2.22. The summed E-state index contributed by atoms with van der Waals surface area (Å²) in [5.74, 6) is -0.264. The van der Waals surface area contributed by atoms with E-state index in [2.05, 4.69) is 43.4 Å². The number of carbonyl (C=O) groups excluding carboxylic acids is 1. The van der Waals surface area contributed by atoms with Gasteiger partial charge >= 0.3 is 5.97 Å². The Morgan fingerprint density at radius 3 is 2.54 bits per heavy atom. The van der Waals surface area contributed by atoms with Gasteiger partial charge in [-0.3, -0.25) is 4.79 Å². The van der Waals surface area contributed by atoms with Gasteiger partial charge in [-0.05, 0) is 61.1 Å². The molecule has 0 bridgehead atoms. The van der Waals surface area contributed by atoms with Crippen LogP contribution in [0.15, 0.2) is 30.3 Å². The number of hydrogen-bond donors (Lipinski definition) is 2. The Balaban J connectivity index is 2.55. The second kappa shape index (κ2) is 8.75. The van der Waals surface area contributed by atoms with Crippen molar-refractivity contribution in [3.8, 4) is 0 Å². The summed E-state index contributed by atoms with van der Waals surface area (Å²) in [7, 11) is 1.86. The first-order chi connectivity index (χ1) is 12.4. The molecule has 0 aliphatic carbocycles. The molecule has 0 aliphatic heterocycles. The Morgan fingerprint density at radius 1 is 1.19 bits per heavy atom. The zero-order chi connectivity index (χ0) is 19.3. The number of hydrogen-bond acceptors (Lipinski definition) is 4. The fourth-order valence-electron chi connectivity index (χ4n) is 3.42. The van der Waals surface area contributed by atoms with Gasteiger partial charge in [0.25, 0.3) is 0 Å². The lowest BCUT2D eigenvalue weighted by molar-refractivity contribution is -0.143. The topological polar surface area (TPSA) is 64.3 Å². The summed E-state index contributed by atoms with van der Waals surface area (Å²) in [5, 5.41) is 3.11. The number of aryl methyl sites for hydroxylation is 2. The molecule has 2 aromatic carbocycles. The molecule has 0 radical (unpaired) electrons. The third-order valence-corrected chi connectivity index (χ3v) is 5.03. The van der Waals surface area contributed by atoms with Gasteiger partial charge in [-0.1, -0.05) is 31.2 Å². The first-order valence-corrected chi connectivity index (χ1v) is 9.24. The van der Waals surface area contributed by atoms with Crippen molar-refractivity contribution in [1.82, 2.24) is 0 Å². The average Bonchev–Trinajstić information content (AvgIpc) is 2.63. The predicted octanol–water partition coefficient (Wildman–Crippen LogP) is 4.57. The normalized spacial score (nSPS) is 11.9. The van der Waals surface area contributed by atoms with Crippen LogP contribution in [0, 0.1) is 13.8 Å². The van der Waals surface area contributed by atoms with E-state index >= 15 is 0 Å². The van der Waals surface area contributed by atoms with Crippen LogP contribution >= 0.6 is 0 Å². The number of benzene rings is 2. The van der Waals surface area contributed by atoms with Crippen LogP contribution in [-0.2, 0) is 16.0 Å². The highest BCUT2D eigenvalue weighted by atomic mass is 16.5. The molecule has 0 heterocycles. The summed E-state index contributed by atoms with van der Waals surface area (Å²) in [6.07, 6.45) is 1.27. The maximum absolute atomic E-state index is 12.3. The van der Waals surface area contributed by atoms with E-state index < -0.39 is 0 Å². The minimum Gasteiger partial charge on any atom is -0.466 e. The van der Waals surface area contributed by atoms with E-state index in [1.54, 1.807) is 0 Å². The highest BCUT2D eigenvalue weighted by Crippen LogP contribution is 2.36. The van der Waals surface area contributed by atoms with Crippen molar-refractivity contribution in [2.24, 2.45) is 0 Å². The fraction of sp³-hybridized carbons (Fsp3) is 0.409. The molecule has 0 aliphatic rings. The molecule has 4 heteroatoms. The lowest BCUT2D eigenvalue weighted by Crippen LogP contribution is -2.14. The van der Waals surface area contributed by atoms with Gasteiger partial charge in [0.1, 0.15) is 0 Å². The van der Waals surface area contributed by atoms with Crippen LogP contribution < -0.4 is 11.1 Å². The van der Waals surface area contributed by atoms with E-state index in [9.17, 15) is 4.79 Å². The van der Waals surface area contributed by atoms with E-state index in [0.29, 0.717) is 13.0 Å². The average molecular weight is 354 g/mol. The fourth-order valence-corrected chi connectivity index (χ4v) is 3.42. The maximum atomic E-state index is 12.3. The molecule has 0 saturated heterocycles. The second-order valence-electron chi connectivity index (χ2n) is 6.59. The van der Waals surface area contributed by atoms with E-state index in [1.807, 2.05) is 27.0 Å². The van der Waals surface area contributed by atoms with Crippen molar-refractivity contribution in [2.75, 3.05) is 24.7 Å². The molecule has 0 aromatic heterocycles. The first-order valence-electron chi connectivity index (χ1n) is 9.24. The van der Waals surface area contributed by atoms with Crippen molar-refractivity contribution < 1.29 is 9.53 Å². The van der Waals surface area contributed by atoms with Gasteiger partial charge in [-0.2, -0.15) is 0 Å². The SMILES string of the molecule is CCOC(=O)CC(c1ccc(C)c(CC)c1)c1ccc(NC)c(N)c1C. The highest BCUT2D eigenvalue weighted by molar-refractivity contribution is 5.75. The Kier molecular flexibility index (Phi) is 6.67. The highest BCUT2D eigenvalue weighted by Gasteiger charge is 2.23. The molecule has 0 amide bonds. The molecular formula is C22H30N2O2. The summed E-state index contributed by atoms with van der Waals surface area (Å²) in [6.45, 7) is 8.50. The van der Waals surface area contributed by atoms with Crippen molar-refractivity contribution in [1.29, 1.82) is 0 Å². The van der Waals surface area contributed by atoms with E-state index in [-0.39, 0.29) is 11.9 Å². The molecule has 0 spiro atoms. The Hall–Kier alpha value is -2.49. The number of rotatable bonds is 7. The summed E-state index contributed by atoms with van der Waals surface area (Å²) in [6, 6.07) is 10.5. The van der Waals surface area contributed by atoms with E-state index in [1.165, 1.54) is 11.1 Å². The third kappa shape index (κ3) is 4.18. The molecular weight excluding hydrogens is 324 g/mol. The number of ether oxygens (including phenoxy) is 1. The van der Waals surface area contributed by atoms with Crippen LogP contribution in [0.3, 0.4) is 0 Å². The number of nitrogen functional groups attached to an aromatic ring is 1. The van der Waals surface area contributed by atoms with Crippen LogP contribution in [0.1, 0.15) is 54.0 Å². The van der Waals surface area contributed by atoms with Crippen molar-refractivity contribution >= 4 is 17.3 Å². The predicted molar refractivity (Wildman–Crippen MR) is 109 cm³/mol. The van der Waals surface area contributed by atoms with Gasteiger partial charge in [0, 0.05) is 13.0 Å². The molecule has 1 atom stereocenters. The minimum absolute atomic E-state index is 0.0758. The van der Waals surface area contributed by atoms with Gasteiger partial charge in [0.05, 0.1) is 24.4 Å². The van der Waals surface area contributed by atoms with Crippen LogP contribution in [-0.4, -0.2) is 19.6 Å². The molecule has 3 N–H and O–H groups in total. The summed E-state index contributed by atoms with van der Waals surface area (Å²) < 4.78 is 5.23. The van der Waals surface area contributed by atoms with Gasteiger partial charge < -0.3 is 15.8 Å². The zero-order valence-corrected chi connectivity index (χ0v) is 16.5. The summed E-state index contributed by atoms with van der Waals surface area (Å²) in [5.41, 5.74) is 13.7. The number of esters is 1. The summed E-state index contributed by atoms with van der Waals surface area (Å²) in [4.78, 5) is 12.3. The molecule has 1 unspecified atom stereocenters. The first kappa shape index (κ1) is 19.8. The van der Waals surface area contributed by atoms with Gasteiger partial charge in [0.15, 0.2) is 0 Å². The number of anilines is 2. The Labute approximate surface area is 156 Å². The molecule has 26 heavy (non-hydrogen) atoms.